The highest BCUT2D eigenvalue weighted by Gasteiger charge is 2.63. The normalized spacial score (nSPS) is 53.0. The fourth-order valence-electron chi connectivity index (χ4n) is 8.23. The molecule has 0 aromatic rings. The van der Waals surface area contributed by atoms with Crippen molar-refractivity contribution in [2.75, 3.05) is 13.2 Å². The molecule has 4 unspecified atom stereocenters. The van der Waals surface area contributed by atoms with Crippen LogP contribution in [0.5, 0.6) is 0 Å². The van der Waals surface area contributed by atoms with Gasteiger partial charge >= 0.3 is 0 Å². The molecule has 7 atom stereocenters. The fraction of sp³-hybridized carbons (Fsp3) is 0.955. The van der Waals surface area contributed by atoms with Crippen molar-refractivity contribution in [2.45, 2.75) is 80.8 Å². The van der Waals surface area contributed by atoms with Crippen LogP contribution in [0.1, 0.15) is 71.6 Å². The third-order valence-electron chi connectivity index (χ3n) is 9.29. The number of halogens is 1. The SMILES string of the molecule is CC1([C@H]2CCC3C4CCC5(I)CC(=O)CC[C@@H]5C4CC[C@@]32C)OCCO1. The van der Waals surface area contributed by atoms with Gasteiger partial charge in [-0.1, -0.05) is 29.5 Å². The molecule has 0 radical (unpaired) electrons. The Morgan fingerprint density at radius 3 is 2.38 bits per heavy atom. The summed E-state index contributed by atoms with van der Waals surface area (Å²) in [4.78, 5) is 12.1. The molecular formula is C22H33IO3. The summed E-state index contributed by atoms with van der Waals surface area (Å²) >= 11 is 2.69. The largest absolute Gasteiger partial charge is 0.348 e. The van der Waals surface area contributed by atoms with Crippen LogP contribution >= 0.6 is 22.6 Å². The van der Waals surface area contributed by atoms with Crippen molar-refractivity contribution in [3.05, 3.63) is 0 Å². The molecule has 3 nitrogen and oxygen atoms in total. The molecule has 1 aliphatic heterocycles. The minimum atomic E-state index is -0.352. The Morgan fingerprint density at radius 2 is 1.62 bits per heavy atom. The van der Waals surface area contributed by atoms with Gasteiger partial charge in [0.1, 0.15) is 5.78 Å². The topological polar surface area (TPSA) is 35.5 Å². The molecule has 4 heteroatoms. The van der Waals surface area contributed by atoms with E-state index in [-0.39, 0.29) is 9.21 Å². The van der Waals surface area contributed by atoms with Gasteiger partial charge in [0.05, 0.1) is 13.2 Å². The Labute approximate surface area is 171 Å². The number of carbonyl (C=O) groups excluding carboxylic acids is 1. The van der Waals surface area contributed by atoms with Crippen molar-refractivity contribution in [2.24, 2.45) is 35.0 Å². The molecule has 4 aliphatic carbocycles. The highest BCUT2D eigenvalue weighted by atomic mass is 127. The van der Waals surface area contributed by atoms with Gasteiger partial charge < -0.3 is 9.47 Å². The lowest BCUT2D eigenvalue weighted by atomic mass is 9.49. The standard InChI is InChI=1S/C22H33IO3/c1-20-9-7-16-15(8-10-22(23)13-14(24)3-4-18(16)22)17(20)5-6-19(20)21(2)25-11-12-26-21/h15-19H,3-13H2,1-2H3/t15?,16?,17?,18-,19+,20+,22?/m1/s1. The van der Waals surface area contributed by atoms with E-state index in [1.165, 1.54) is 38.5 Å². The van der Waals surface area contributed by atoms with Gasteiger partial charge in [0.25, 0.3) is 0 Å². The number of hydrogen-bond acceptors (Lipinski definition) is 3. The van der Waals surface area contributed by atoms with E-state index >= 15 is 0 Å². The van der Waals surface area contributed by atoms with Crippen molar-refractivity contribution in [1.29, 1.82) is 0 Å². The fourth-order valence-corrected chi connectivity index (χ4v) is 9.74. The third-order valence-corrected chi connectivity index (χ3v) is 11.0. The molecule has 0 spiro atoms. The molecule has 0 aromatic carbocycles. The first kappa shape index (κ1) is 18.4. The van der Waals surface area contributed by atoms with Crippen LogP contribution in [0.4, 0.5) is 0 Å². The lowest BCUT2D eigenvalue weighted by Crippen LogP contribution is -2.55. The van der Waals surface area contributed by atoms with E-state index in [0.717, 1.165) is 56.1 Å². The summed E-state index contributed by atoms with van der Waals surface area (Å²) in [6, 6.07) is 0. The highest BCUT2D eigenvalue weighted by Crippen LogP contribution is 2.67. The monoisotopic (exact) mass is 472 g/mol. The minimum Gasteiger partial charge on any atom is -0.348 e. The minimum absolute atomic E-state index is 0.268. The molecule has 0 N–H and O–H groups in total. The number of alkyl halides is 1. The second-order valence-corrected chi connectivity index (χ2v) is 12.4. The molecular weight excluding hydrogens is 439 g/mol. The van der Waals surface area contributed by atoms with E-state index in [0.29, 0.717) is 17.1 Å². The van der Waals surface area contributed by atoms with Gasteiger partial charge in [0.2, 0.25) is 0 Å². The Morgan fingerprint density at radius 1 is 0.923 bits per heavy atom. The summed E-state index contributed by atoms with van der Waals surface area (Å²) < 4.78 is 12.5. The number of Topliss-reactive ketones (excluding diaryl/α,β-unsaturated/α-hetero) is 1. The molecule has 0 aromatic heterocycles. The maximum absolute atomic E-state index is 12.1. The van der Waals surface area contributed by atoms with Crippen LogP contribution in [0.25, 0.3) is 0 Å². The number of fused-ring (bicyclic) bond motifs is 5. The van der Waals surface area contributed by atoms with Gasteiger partial charge in [-0.2, -0.15) is 0 Å². The molecule has 0 amide bonds. The molecule has 5 rings (SSSR count). The van der Waals surface area contributed by atoms with Gasteiger partial charge in [0, 0.05) is 22.2 Å². The van der Waals surface area contributed by atoms with E-state index in [9.17, 15) is 4.79 Å². The lowest BCUT2D eigenvalue weighted by Gasteiger charge is -2.58. The first-order valence-electron chi connectivity index (χ1n) is 10.8. The lowest BCUT2D eigenvalue weighted by molar-refractivity contribution is -0.214. The summed E-state index contributed by atoms with van der Waals surface area (Å²) in [5, 5.41) is 0. The number of ether oxygens (including phenoxy) is 2. The Balaban J connectivity index is 1.41. The number of hydrogen-bond donors (Lipinski definition) is 0. The highest BCUT2D eigenvalue weighted by molar-refractivity contribution is 14.1. The van der Waals surface area contributed by atoms with E-state index < -0.39 is 0 Å². The second-order valence-electron chi connectivity index (χ2n) is 10.3. The van der Waals surface area contributed by atoms with Crippen molar-refractivity contribution in [1.82, 2.24) is 0 Å². The smallest absolute Gasteiger partial charge is 0.169 e. The van der Waals surface area contributed by atoms with Crippen LogP contribution < -0.4 is 0 Å². The average molecular weight is 472 g/mol. The molecule has 5 aliphatic rings. The maximum Gasteiger partial charge on any atom is 0.169 e. The van der Waals surface area contributed by atoms with E-state index in [1.54, 1.807) is 0 Å². The van der Waals surface area contributed by atoms with Crippen molar-refractivity contribution in [3.8, 4) is 0 Å². The zero-order valence-electron chi connectivity index (χ0n) is 16.3. The van der Waals surface area contributed by atoms with Gasteiger partial charge in [-0.15, -0.1) is 0 Å². The Kier molecular flexibility index (Phi) is 4.35. The van der Waals surface area contributed by atoms with E-state index in [1.807, 2.05) is 0 Å². The predicted octanol–water partition coefficient (Wildman–Crippen LogP) is 5.14. The van der Waals surface area contributed by atoms with Crippen LogP contribution in [0.15, 0.2) is 0 Å². The third kappa shape index (κ3) is 2.53. The maximum atomic E-state index is 12.1. The van der Waals surface area contributed by atoms with Gasteiger partial charge in [-0.3, -0.25) is 4.79 Å². The molecule has 1 heterocycles. The second kappa shape index (κ2) is 6.16. The van der Waals surface area contributed by atoms with Crippen molar-refractivity contribution >= 4 is 28.4 Å². The number of carbonyl (C=O) groups is 1. The molecule has 0 bridgehead atoms. The summed E-state index contributed by atoms with van der Waals surface area (Å²) in [5.41, 5.74) is 0.371. The van der Waals surface area contributed by atoms with Crippen LogP contribution in [0.3, 0.4) is 0 Å². The number of ketones is 1. The van der Waals surface area contributed by atoms with E-state index in [4.69, 9.17) is 9.47 Å². The summed E-state index contributed by atoms with van der Waals surface area (Å²) in [6.07, 6.45) is 10.7. The van der Waals surface area contributed by atoms with Gasteiger partial charge in [-0.25, -0.2) is 0 Å². The summed E-state index contributed by atoms with van der Waals surface area (Å²) in [5.74, 6) is 4.03. The van der Waals surface area contributed by atoms with Crippen LogP contribution in [-0.2, 0) is 14.3 Å². The summed E-state index contributed by atoms with van der Waals surface area (Å²) in [7, 11) is 0. The predicted molar refractivity (Wildman–Crippen MR) is 109 cm³/mol. The first-order valence-corrected chi connectivity index (χ1v) is 11.9. The molecule has 5 fully saturated rings. The molecule has 4 saturated carbocycles. The van der Waals surface area contributed by atoms with E-state index in [2.05, 4.69) is 36.4 Å². The zero-order valence-corrected chi connectivity index (χ0v) is 18.4. The quantitative estimate of drug-likeness (QED) is 0.392. The van der Waals surface area contributed by atoms with Crippen molar-refractivity contribution in [3.63, 3.8) is 0 Å². The molecule has 1 saturated heterocycles. The summed E-state index contributed by atoms with van der Waals surface area (Å²) in [6.45, 7) is 6.27. The van der Waals surface area contributed by atoms with Gasteiger partial charge in [0.15, 0.2) is 5.79 Å². The van der Waals surface area contributed by atoms with Crippen LogP contribution in [0, 0.1) is 35.0 Å². The Bertz CT molecular complexity index is 600. The van der Waals surface area contributed by atoms with Crippen molar-refractivity contribution < 1.29 is 14.3 Å². The molecule has 146 valence electrons. The van der Waals surface area contributed by atoms with Gasteiger partial charge in [-0.05, 0) is 81.0 Å². The zero-order chi connectivity index (χ0) is 18.2. The average Bonchev–Trinajstić information content (AvgIpc) is 3.17. The van der Waals surface area contributed by atoms with Crippen LogP contribution in [-0.4, -0.2) is 28.2 Å². The first-order chi connectivity index (χ1) is 12.4. The Hall–Kier alpha value is 0.320. The molecule has 26 heavy (non-hydrogen) atoms. The van der Waals surface area contributed by atoms with Crippen LogP contribution in [0.2, 0.25) is 0 Å². The number of rotatable bonds is 1.